The third-order valence-corrected chi connectivity index (χ3v) is 10.6. The fourth-order valence-corrected chi connectivity index (χ4v) is 7.83. The average Bonchev–Trinajstić information content (AvgIpc) is 3.69. The summed E-state index contributed by atoms with van der Waals surface area (Å²) in [4.78, 5) is 30.2. The molecule has 0 radical (unpaired) electrons. The average molecular weight is 584 g/mol. The molecule has 1 aromatic heterocycles. The van der Waals surface area contributed by atoms with Gasteiger partial charge in [0.05, 0.1) is 9.79 Å². The molecule has 13 heteroatoms. The van der Waals surface area contributed by atoms with Gasteiger partial charge in [-0.1, -0.05) is 18.2 Å². The highest BCUT2D eigenvalue weighted by atomic mass is 32.2. The quantitative estimate of drug-likeness (QED) is 0.414. The van der Waals surface area contributed by atoms with E-state index in [4.69, 9.17) is 0 Å². The Morgan fingerprint density at radius 3 is 1.38 bits per heavy atom. The molecular formula is C27H29N5O6S2. The summed E-state index contributed by atoms with van der Waals surface area (Å²) in [6.45, 7) is 1.83. The van der Waals surface area contributed by atoms with E-state index in [0.29, 0.717) is 26.2 Å². The Kier molecular flexibility index (Phi) is 7.99. The second-order valence-electron chi connectivity index (χ2n) is 9.59. The van der Waals surface area contributed by atoms with Crippen LogP contribution >= 0.6 is 0 Å². The molecule has 0 unspecified atom stereocenters. The second-order valence-corrected chi connectivity index (χ2v) is 13.5. The summed E-state index contributed by atoms with van der Waals surface area (Å²) in [5, 5.41) is 5.25. The molecule has 0 spiro atoms. The largest absolute Gasteiger partial charge is 0.306 e. The van der Waals surface area contributed by atoms with Gasteiger partial charge in [0.25, 0.3) is 11.8 Å². The summed E-state index contributed by atoms with van der Waals surface area (Å²) in [7, 11) is -7.36. The van der Waals surface area contributed by atoms with E-state index in [0.717, 1.165) is 25.7 Å². The summed E-state index contributed by atoms with van der Waals surface area (Å²) in [6, 6.07) is 16.3. The van der Waals surface area contributed by atoms with Crippen LogP contribution in [0.3, 0.4) is 0 Å². The second kappa shape index (κ2) is 11.5. The summed E-state index contributed by atoms with van der Waals surface area (Å²) < 4.78 is 54.3. The van der Waals surface area contributed by atoms with Crippen LogP contribution in [0.25, 0.3) is 0 Å². The van der Waals surface area contributed by atoms with Crippen molar-refractivity contribution in [3.8, 4) is 0 Å². The van der Waals surface area contributed by atoms with Gasteiger partial charge in [-0.2, -0.15) is 8.61 Å². The van der Waals surface area contributed by atoms with Crippen molar-refractivity contribution < 1.29 is 26.4 Å². The maximum atomic E-state index is 12.9. The molecule has 2 amide bonds. The number of hydrogen-bond acceptors (Lipinski definition) is 7. The maximum Gasteiger partial charge on any atom is 0.256 e. The highest BCUT2D eigenvalue weighted by molar-refractivity contribution is 7.89. The van der Waals surface area contributed by atoms with Gasteiger partial charge in [0.2, 0.25) is 20.0 Å². The zero-order valence-corrected chi connectivity index (χ0v) is 23.2. The number of pyridine rings is 1. The Hall–Kier alpha value is -3.65. The zero-order chi connectivity index (χ0) is 28.3. The number of carbonyl (C=O) groups is 2. The first-order valence-electron chi connectivity index (χ1n) is 12.9. The van der Waals surface area contributed by atoms with Gasteiger partial charge in [-0.25, -0.2) is 21.8 Å². The highest BCUT2D eigenvalue weighted by Gasteiger charge is 2.29. The van der Waals surface area contributed by atoms with E-state index < -0.39 is 31.9 Å². The molecule has 11 nitrogen and oxygen atoms in total. The summed E-state index contributed by atoms with van der Waals surface area (Å²) >= 11 is 0. The molecule has 40 heavy (non-hydrogen) atoms. The Balaban J connectivity index is 1.28. The third kappa shape index (κ3) is 5.92. The minimum atomic E-state index is -3.68. The van der Waals surface area contributed by atoms with Gasteiger partial charge >= 0.3 is 0 Å². The molecule has 210 valence electrons. The molecule has 3 heterocycles. The normalized spacial score (nSPS) is 16.6. The van der Waals surface area contributed by atoms with Crippen LogP contribution in [0.5, 0.6) is 0 Å². The first-order valence-corrected chi connectivity index (χ1v) is 15.8. The van der Waals surface area contributed by atoms with Gasteiger partial charge in [0, 0.05) is 37.3 Å². The lowest BCUT2D eigenvalue weighted by atomic mass is 10.2. The van der Waals surface area contributed by atoms with Crippen LogP contribution in [0.1, 0.15) is 46.4 Å². The number of carbonyl (C=O) groups excluding carboxylic acids is 2. The van der Waals surface area contributed by atoms with Crippen molar-refractivity contribution in [1.29, 1.82) is 0 Å². The van der Waals surface area contributed by atoms with E-state index >= 15 is 0 Å². The van der Waals surface area contributed by atoms with Gasteiger partial charge in [-0.15, -0.1) is 0 Å². The third-order valence-electron chi connectivity index (χ3n) is 6.83. The number of anilines is 2. The fraction of sp³-hybridized carbons (Fsp3) is 0.296. The van der Waals surface area contributed by atoms with E-state index in [9.17, 15) is 26.4 Å². The predicted octanol–water partition coefficient (Wildman–Crippen LogP) is 3.16. The SMILES string of the molecule is O=C(Nc1cccc(NC(=O)c2cccc(S(=O)(=O)N3CCCC3)c2)n1)c1cccc(S(=O)(=O)N2CCCC2)c1. The first kappa shape index (κ1) is 27.9. The van der Waals surface area contributed by atoms with Crippen LogP contribution in [-0.4, -0.2) is 68.4 Å². The van der Waals surface area contributed by atoms with Crippen molar-refractivity contribution in [1.82, 2.24) is 13.6 Å². The molecule has 0 bridgehead atoms. The smallest absolute Gasteiger partial charge is 0.256 e. The molecule has 0 aliphatic carbocycles. The topological polar surface area (TPSA) is 146 Å². The van der Waals surface area contributed by atoms with Crippen molar-refractivity contribution >= 4 is 43.5 Å². The van der Waals surface area contributed by atoms with Gasteiger partial charge in [-0.3, -0.25) is 9.59 Å². The molecule has 2 N–H and O–H groups in total. The van der Waals surface area contributed by atoms with E-state index in [2.05, 4.69) is 15.6 Å². The lowest BCUT2D eigenvalue weighted by Gasteiger charge is -2.16. The lowest BCUT2D eigenvalue weighted by Crippen LogP contribution is -2.28. The first-order chi connectivity index (χ1) is 19.1. The van der Waals surface area contributed by atoms with E-state index in [1.807, 2.05) is 0 Å². The van der Waals surface area contributed by atoms with Crippen LogP contribution in [0.15, 0.2) is 76.5 Å². The van der Waals surface area contributed by atoms with Crippen LogP contribution in [0, 0.1) is 0 Å². The number of aromatic nitrogens is 1. The molecule has 2 aromatic carbocycles. The number of nitrogens with one attached hydrogen (secondary N) is 2. The van der Waals surface area contributed by atoms with Crippen molar-refractivity contribution in [3.05, 3.63) is 77.9 Å². The van der Waals surface area contributed by atoms with E-state index in [1.54, 1.807) is 6.07 Å². The van der Waals surface area contributed by atoms with E-state index in [-0.39, 0.29) is 32.6 Å². The molecule has 0 atom stereocenters. The van der Waals surface area contributed by atoms with Crippen LogP contribution in [0.2, 0.25) is 0 Å². The van der Waals surface area contributed by atoms with Crippen molar-refractivity contribution in [2.75, 3.05) is 36.8 Å². The van der Waals surface area contributed by atoms with Gasteiger partial charge in [-0.05, 0) is 74.2 Å². The Morgan fingerprint density at radius 2 is 0.975 bits per heavy atom. The molecule has 2 saturated heterocycles. The number of hydrogen-bond donors (Lipinski definition) is 2. The molecule has 2 aliphatic rings. The van der Waals surface area contributed by atoms with E-state index in [1.165, 1.54) is 69.3 Å². The molecule has 0 saturated carbocycles. The zero-order valence-electron chi connectivity index (χ0n) is 21.6. The van der Waals surface area contributed by atoms with Crippen molar-refractivity contribution in [3.63, 3.8) is 0 Å². The van der Waals surface area contributed by atoms with Crippen molar-refractivity contribution in [2.24, 2.45) is 0 Å². The standard InChI is InChI=1S/C27H29N5O6S2/c33-26(20-8-5-10-22(18-20)39(35,36)31-14-1-2-15-31)29-24-12-7-13-25(28-24)30-27(34)21-9-6-11-23(19-21)40(37,38)32-16-3-4-17-32/h5-13,18-19H,1-4,14-17H2,(H2,28,29,30,33,34). The molecular weight excluding hydrogens is 554 g/mol. The van der Waals surface area contributed by atoms with Crippen LogP contribution < -0.4 is 10.6 Å². The van der Waals surface area contributed by atoms with Crippen molar-refractivity contribution in [2.45, 2.75) is 35.5 Å². The molecule has 2 fully saturated rings. The number of nitrogens with zero attached hydrogens (tertiary/aromatic N) is 3. The minimum Gasteiger partial charge on any atom is -0.306 e. The Morgan fingerprint density at radius 1 is 0.600 bits per heavy atom. The summed E-state index contributed by atoms with van der Waals surface area (Å²) in [5.74, 6) is -0.842. The number of sulfonamides is 2. The molecule has 5 rings (SSSR count). The Labute approximate surface area is 233 Å². The fourth-order valence-electron chi connectivity index (χ4n) is 4.70. The van der Waals surface area contributed by atoms with Gasteiger partial charge in [0.15, 0.2) is 0 Å². The highest BCUT2D eigenvalue weighted by Crippen LogP contribution is 2.23. The van der Waals surface area contributed by atoms with Crippen LogP contribution in [-0.2, 0) is 20.0 Å². The summed E-state index contributed by atoms with van der Waals surface area (Å²) in [6.07, 6.45) is 3.23. The summed E-state index contributed by atoms with van der Waals surface area (Å²) in [5.41, 5.74) is 0.292. The molecule has 2 aliphatic heterocycles. The monoisotopic (exact) mass is 583 g/mol. The lowest BCUT2D eigenvalue weighted by molar-refractivity contribution is 0.101. The Bertz CT molecular complexity index is 1530. The number of benzene rings is 2. The van der Waals surface area contributed by atoms with Gasteiger partial charge < -0.3 is 10.6 Å². The van der Waals surface area contributed by atoms with Gasteiger partial charge in [0.1, 0.15) is 11.6 Å². The predicted molar refractivity (Wildman–Crippen MR) is 149 cm³/mol. The van der Waals surface area contributed by atoms with Crippen LogP contribution in [0.4, 0.5) is 11.6 Å². The minimum absolute atomic E-state index is 0.0463. The maximum absolute atomic E-state index is 12.9. The number of rotatable bonds is 8. The number of amides is 2. The molecule has 3 aromatic rings.